The molecule has 10 heavy (non-hydrogen) atoms. The molecule has 0 bridgehead atoms. The molecule has 1 N–H and O–H groups in total. The van der Waals surface area contributed by atoms with Crippen molar-refractivity contribution in [3.63, 3.8) is 0 Å². The van der Waals surface area contributed by atoms with Crippen molar-refractivity contribution in [3.05, 3.63) is 12.2 Å². The van der Waals surface area contributed by atoms with Crippen LogP contribution in [0.3, 0.4) is 0 Å². The van der Waals surface area contributed by atoms with Gasteiger partial charge in [0.1, 0.15) is 0 Å². The Bertz CT molecular complexity index is 172. The summed E-state index contributed by atoms with van der Waals surface area (Å²) < 4.78 is 0. The molecule has 2 heteroatoms. The molecule has 1 rings (SSSR count). The predicted octanol–water partition coefficient (Wildman–Crippen LogP) is 1.67. The zero-order valence-corrected chi connectivity index (χ0v) is 6.13. The molecule has 2 unspecified atom stereocenters. The Labute approximate surface area is 60.6 Å². The zero-order valence-electron chi connectivity index (χ0n) is 6.13. The highest BCUT2D eigenvalue weighted by Gasteiger charge is 2.39. The van der Waals surface area contributed by atoms with Gasteiger partial charge in [-0.05, 0) is 18.3 Å². The van der Waals surface area contributed by atoms with Crippen molar-refractivity contribution in [3.8, 4) is 0 Å². The lowest BCUT2D eigenvalue weighted by molar-refractivity contribution is -0.132. The minimum atomic E-state index is -0.832. The minimum absolute atomic E-state index is 0.280. The van der Waals surface area contributed by atoms with Crippen molar-refractivity contribution in [1.82, 2.24) is 0 Å². The first-order valence-electron chi connectivity index (χ1n) is 3.59. The molecule has 2 nitrogen and oxygen atoms in total. The monoisotopic (exact) mass is 140 g/mol. The lowest BCUT2D eigenvalue weighted by atomic mass is 10.1. The van der Waals surface area contributed by atoms with Gasteiger partial charge in [-0.25, -0.2) is 4.79 Å². The van der Waals surface area contributed by atoms with Crippen LogP contribution in [-0.2, 0) is 4.79 Å². The number of rotatable bonds is 3. The Kier molecular flexibility index (Phi) is 1.79. The van der Waals surface area contributed by atoms with Crippen LogP contribution in [0.5, 0.6) is 0 Å². The van der Waals surface area contributed by atoms with Gasteiger partial charge in [0.2, 0.25) is 0 Å². The van der Waals surface area contributed by atoms with E-state index in [4.69, 9.17) is 5.11 Å². The first-order chi connectivity index (χ1) is 4.66. The molecule has 0 saturated heterocycles. The number of aliphatic carboxylic acids is 1. The fraction of sp³-hybridized carbons (Fsp3) is 0.625. The Hall–Kier alpha value is -0.790. The Morgan fingerprint density at radius 3 is 2.70 bits per heavy atom. The van der Waals surface area contributed by atoms with Crippen LogP contribution in [0.15, 0.2) is 12.2 Å². The molecule has 0 heterocycles. The van der Waals surface area contributed by atoms with Gasteiger partial charge in [0.05, 0.1) is 0 Å². The number of carbonyl (C=O) groups is 1. The van der Waals surface area contributed by atoms with E-state index in [1.165, 1.54) is 0 Å². The lowest BCUT2D eigenvalue weighted by Gasteiger charge is -1.94. The molecule has 1 aliphatic rings. The molecule has 0 aromatic rings. The van der Waals surface area contributed by atoms with E-state index >= 15 is 0 Å². The van der Waals surface area contributed by atoms with E-state index in [1.54, 1.807) is 0 Å². The average molecular weight is 140 g/mol. The summed E-state index contributed by atoms with van der Waals surface area (Å²) in [7, 11) is 0. The topological polar surface area (TPSA) is 37.3 Å². The van der Waals surface area contributed by atoms with Gasteiger partial charge in [0, 0.05) is 5.57 Å². The van der Waals surface area contributed by atoms with E-state index in [-0.39, 0.29) is 5.92 Å². The lowest BCUT2D eigenvalue weighted by Crippen LogP contribution is -2.01. The maximum Gasteiger partial charge on any atom is 0.331 e. The van der Waals surface area contributed by atoms with Crippen LogP contribution in [0.25, 0.3) is 0 Å². The summed E-state index contributed by atoms with van der Waals surface area (Å²) in [5, 5.41) is 8.51. The summed E-state index contributed by atoms with van der Waals surface area (Å²) in [6, 6.07) is 0. The van der Waals surface area contributed by atoms with Crippen molar-refractivity contribution in [2.45, 2.75) is 19.8 Å². The van der Waals surface area contributed by atoms with Gasteiger partial charge in [-0.15, -0.1) is 0 Å². The van der Waals surface area contributed by atoms with Gasteiger partial charge in [0.15, 0.2) is 0 Å². The highest BCUT2D eigenvalue weighted by molar-refractivity contribution is 5.87. The molecule has 1 aliphatic carbocycles. The normalized spacial score (nSPS) is 29.7. The number of carboxylic acid groups (broad SMARTS) is 1. The second-order valence-electron chi connectivity index (χ2n) is 2.84. The molecule has 1 fully saturated rings. The van der Waals surface area contributed by atoms with Gasteiger partial charge in [-0.3, -0.25) is 0 Å². The Balaban J connectivity index is 2.40. The van der Waals surface area contributed by atoms with Gasteiger partial charge >= 0.3 is 5.97 Å². The van der Waals surface area contributed by atoms with Crippen LogP contribution >= 0.6 is 0 Å². The number of carboxylic acids is 1. The molecule has 0 spiro atoms. The summed E-state index contributed by atoms with van der Waals surface area (Å²) in [6.07, 6.45) is 2.11. The fourth-order valence-corrected chi connectivity index (χ4v) is 1.28. The molecular weight excluding hydrogens is 128 g/mol. The van der Waals surface area contributed by atoms with Crippen LogP contribution in [0.1, 0.15) is 19.8 Å². The van der Waals surface area contributed by atoms with E-state index < -0.39 is 5.97 Å². The van der Waals surface area contributed by atoms with Gasteiger partial charge in [0.25, 0.3) is 0 Å². The molecule has 0 aromatic heterocycles. The standard InChI is InChI=1S/C8H12O2/c1-3-6-4-7(6)5(2)8(9)10/h6-7H,2-4H2,1H3,(H,9,10). The summed E-state index contributed by atoms with van der Waals surface area (Å²) in [5.41, 5.74) is 0.395. The third-order valence-electron chi connectivity index (χ3n) is 2.17. The molecule has 1 saturated carbocycles. The predicted molar refractivity (Wildman–Crippen MR) is 38.7 cm³/mol. The van der Waals surface area contributed by atoms with E-state index in [9.17, 15) is 4.79 Å². The van der Waals surface area contributed by atoms with Crippen LogP contribution in [0.2, 0.25) is 0 Å². The van der Waals surface area contributed by atoms with Crippen molar-refractivity contribution < 1.29 is 9.90 Å². The highest BCUT2D eigenvalue weighted by Crippen LogP contribution is 2.45. The van der Waals surface area contributed by atoms with Crippen molar-refractivity contribution >= 4 is 5.97 Å². The zero-order chi connectivity index (χ0) is 7.72. The van der Waals surface area contributed by atoms with Crippen molar-refractivity contribution in [2.75, 3.05) is 0 Å². The molecular formula is C8H12O2. The van der Waals surface area contributed by atoms with Crippen molar-refractivity contribution in [1.29, 1.82) is 0 Å². The molecule has 0 radical (unpaired) electrons. The molecule has 0 amide bonds. The highest BCUT2D eigenvalue weighted by atomic mass is 16.4. The Morgan fingerprint density at radius 2 is 2.40 bits per heavy atom. The summed E-state index contributed by atoms with van der Waals surface area (Å²) in [5.74, 6) is 0.0482. The maximum atomic E-state index is 10.3. The third kappa shape index (κ3) is 1.20. The first kappa shape index (κ1) is 7.32. The maximum absolute atomic E-state index is 10.3. The smallest absolute Gasteiger partial charge is 0.331 e. The largest absolute Gasteiger partial charge is 0.478 e. The van der Waals surface area contributed by atoms with Crippen LogP contribution in [0.4, 0.5) is 0 Å². The average Bonchev–Trinajstić information content (AvgIpc) is 2.64. The van der Waals surface area contributed by atoms with E-state index in [2.05, 4.69) is 13.5 Å². The van der Waals surface area contributed by atoms with Crippen LogP contribution in [-0.4, -0.2) is 11.1 Å². The molecule has 0 aromatic carbocycles. The van der Waals surface area contributed by atoms with Crippen molar-refractivity contribution in [2.24, 2.45) is 11.8 Å². The Morgan fingerprint density at radius 1 is 1.80 bits per heavy atom. The number of hydrogen-bond acceptors (Lipinski definition) is 1. The van der Waals surface area contributed by atoms with Gasteiger partial charge in [-0.1, -0.05) is 19.9 Å². The SMILES string of the molecule is C=C(C(=O)O)C1CC1CC. The third-order valence-corrected chi connectivity index (χ3v) is 2.17. The summed E-state index contributed by atoms with van der Waals surface area (Å²) in [4.78, 5) is 10.3. The minimum Gasteiger partial charge on any atom is -0.478 e. The summed E-state index contributed by atoms with van der Waals surface area (Å²) >= 11 is 0. The van der Waals surface area contributed by atoms with Crippen LogP contribution < -0.4 is 0 Å². The van der Waals surface area contributed by atoms with Gasteiger partial charge < -0.3 is 5.11 Å². The molecule has 0 aliphatic heterocycles. The molecule has 56 valence electrons. The van der Waals surface area contributed by atoms with E-state index in [0.29, 0.717) is 11.5 Å². The first-order valence-corrected chi connectivity index (χ1v) is 3.59. The molecule has 2 atom stereocenters. The second-order valence-corrected chi connectivity index (χ2v) is 2.84. The summed E-state index contributed by atoms with van der Waals surface area (Å²) in [6.45, 7) is 5.60. The van der Waals surface area contributed by atoms with E-state index in [0.717, 1.165) is 12.8 Å². The van der Waals surface area contributed by atoms with Gasteiger partial charge in [-0.2, -0.15) is 0 Å². The fourth-order valence-electron chi connectivity index (χ4n) is 1.28. The van der Waals surface area contributed by atoms with Crippen LogP contribution in [0, 0.1) is 11.8 Å². The van der Waals surface area contributed by atoms with E-state index in [1.807, 2.05) is 0 Å². The number of hydrogen-bond donors (Lipinski definition) is 1. The second kappa shape index (κ2) is 2.45. The quantitative estimate of drug-likeness (QED) is 0.605.